The van der Waals surface area contributed by atoms with E-state index in [-0.39, 0.29) is 11.5 Å². The summed E-state index contributed by atoms with van der Waals surface area (Å²) in [6.07, 6.45) is -0.200. The first-order chi connectivity index (χ1) is 9.25. The Hall–Kier alpha value is -1.91. The second kappa shape index (κ2) is 4.89. The zero-order chi connectivity index (χ0) is 15.1. The minimum absolute atomic E-state index is 0.196. The molecule has 5 nitrogen and oxygen atoms in total. The number of carboxylic acid groups (broad SMARTS) is 1. The molecule has 5 heteroatoms. The van der Waals surface area contributed by atoms with Crippen molar-refractivity contribution in [2.75, 3.05) is 19.4 Å². The van der Waals surface area contributed by atoms with Crippen LogP contribution in [0.4, 0.5) is 10.5 Å². The van der Waals surface area contributed by atoms with Crippen molar-refractivity contribution < 1.29 is 14.6 Å². The van der Waals surface area contributed by atoms with Gasteiger partial charge in [-0.25, -0.2) is 4.79 Å². The SMILES string of the molecule is COc1cc2c(cc1N)CCN(C(=O)O)C2C(C)(C)C. The summed E-state index contributed by atoms with van der Waals surface area (Å²) >= 11 is 0. The van der Waals surface area contributed by atoms with Gasteiger partial charge in [-0.1, -0.05) is 20.8 Å². The first-order valence-corrected chi connectivity index (χ1v) is 6.71. The van der Waals surface area contributed by atoms with Crippen LogP contribution in [-0.2, 0) is 6.42 Å². The van der Waals surface area contributed by atoms with Crippen LogP contribution in [-0.4, -0.2) is 29.8 Å². The molecule has 0 aliphatic carbocycles. The molecule has 3 N–H and O–H groups in total. The zero-order valence-electron chi connectivity index (χ0n) is 12.4. The normalized spacial score (nSPS) is 18.6. The van der Waals surface area contributed by atoms with Crippen LogP contribution in [0.2, 0.25) is 0 Å². The van der Waals surface area contributed by atoms with Gasteiger partial charge in [0.2, 0.25) is 0 Å². The summed E-state index contributed by atoms with van der Waals surface area (Å²) in [6, 6.07) is 3.60. The van der Waals surface area contributed by atoms with E-state index in [1.165, 1.54) is 4.90 Å². The Bertz CT molecular complexity index is 535. The van der Waals surface area contributed by atoms with Crippen LogP contribution < -0.4 is 10.5 Å². The Kier molecular flexibility index (Phi) is 3.54. The molecule has 1 aliphatic rings. The predicted molar refractivity (Wildman–Crippen MR) is 78.0 cm³/mol. The van der Waals surface area contributed by atoms with Crippen LogP contribution in [0.25, 0.3) is 0 Å². The number of benzene rings is 1. The number of hydrogen-bond acceptors (Lipinski definition) is 3. The maximum atomic E-state index is 11.5. The first kappa shape index (κ1) is 14.5. The van der Waals surface area contributed by atoms with Gasteiger partial charge in [0, 0.05) is 6.54 Å². The van der Waals surface area contributed by atoms with E-state index in [9.17, 15) is 9.90 Å². The lowest BCUT2D eigenvalue weighted by molar-refractivity contribution is 0.0758. The topological polar surface area (TPSA) is 75.8 Å². The van der Waals surface area contributed by atoms with Crippen molar-refractivity contribution in [3.05, 3.63) is 23.3 Å². The standard InChI is InChI=1S/C15H22N2O3/c1-15(2,3)13-10-8-12(20-4)11(16)7-9(10)5-6-17(13)14(18)19/h7-8,13H,5-6,16H2,1-4H3,(H,18,19). The molecule has 0 saturated heterocycles. The molecular weight excluding hydrogens is 256 g/mol. The van der Waals surface area contributed by atoms with E-state index < -0.39 is 6.09 Å². The number of hydrogen-bond donors (Lipinski definition) is 2. The molecule has 1 aromatic carbocycles. The maximum Gasteiger partial charge on any atom is 0.407 e. The highest BCUT2D eigenvalue weighted by Gasteiger charge is 2.39. The summed E-state index contributed by atoms with van der Waals surface area (Å²) in [5.41, 5.74) is 8.46. The van der Waals surface area contributed by atoms with E-state index in [0.717, 1.165) is 11.1 Å². The van der Waals surface area contributed by atoms with Gasteiger partial charge in [0.15, 0.2) is 0 Å². The molecular formula is C15H22N2O3. The molecule has 0 aromatic heterocycles. The number of rotatable bonds is 1. The van der Waals surface area contributed by atoms with Gasteiger partial charge in [0.05, 0.1) is 18.8 Å². The van der Waals surface area contributed by atoms with Crippen molar-refractivity contribution in [1.82, 2.24) is 4.90 Å². The lowest BCUT2D eigenvalue weighted by Gasteiger charge is -2.43. The summed E-state index contributed by atoms with van der Waals surface area (Å²) in [5.74, 6) is 0.602. The Morgan fingerprint density at radius 3 is 2.60 bits per heavy atom. The van der Waals surface area contributed by atoms with E-state index >= 15 is 0 Å². The van der Waals surface area contributed by atoms with Crippen molar-refractivity contribution in [3.63, 3.8) is 0 Å². The number of ether oxygens (including phenoxy) is 1. The molecule has 1 aliphatic heterocycles. The Labute approximate surface area is 119 Å². The predicted octanol–water partition coefficient (Wildman–Crippen LogP) is 2.90. The number of amides is 1. The van der Waals surface area contributed by atoms with Crippen LogP contribution in [0.1, 0.15) is 37.9 Å². The van der Waals surface area contributed by atoms with E-state index in [0.29, 0.717) is 24.4 Å². The highest BCUT2D eigenvalue weighted by atomic mass is 16.5. The van der Waals surface area contributed by atoms with Gasteiger partial charge in [0.1, 0.15) is 5.75 Å². The van der Waals surface area contributed by atoms with Crippen molar-refractivity contribution in [2.45, 2.75) is 33.2 Å². The van der Waals surface area contributed by atoms with Gasteiger partial charge >= 0.3 is 6.09 Å². The van der Waals surface area contributed by atoms with Crippen LogP contribution in [0.5, 0.6) is 5.75 Å². The molecule has 20 heavy (non-hydrogen) atoms. The molecule has 0 bridgehead atoms. The summed E-state index contributed by atoms with van der Waals surface area (Å²) in [5, 5.41) is 9.45. The fourth-order valence-corrected chi connectivity index (χ4v) is 2.99. The van der Waals surface area contributed by atoms with Crippen molar-refractivity contribution in [2.24, 2.45) is 5.41 Å². The average Bonchev–Trinajstić information content (AvgIpc) is 2.35. The average molecular weight is 278 g/mol. The van der Waals surface area contributed by atoms with Crippen LogP contribution in [0, 0.1) is 5.41 Å². The third-order valence-electron chi connectivity index (χ3n) is 3.79. The molecule has 0 fully saturated rings. The second-order valence-electron chi connectivity index (χ2n) is 6.29. The Morgan fingerprint density at radius 2 is 2.10 bits per heavy atom. The van der Waals surface area contributed by atoms with E-state index in [1.807, 2.05) is 32.9 Å². The van der Waals surface area contributed by atoms with E-state index in [2.05, 4.69) is 0 Å². The molecule has 0 spiro atoms. The lowest BCUT2D eigenvalue weighted by atomic mass is 9.77. The first-order valence-electron chi connectivity index (χ1n) is 6.71. The monoisotopic (exact) mass is 278 g/mol. The van der Waals surface area contributed by atoms with Gasteiger partial charge in [-0.3, -0.25) is 0 Å². The van der Waals surface area contributed by atoms with Crippen LogP contribution in [0.3, 0.4) is 0 Å². The summed E-state index contributed by atoms with van der Waals surface area (Å²) in [6.45, 7) is 6.64. The second-order valence-corrected chi connectivity index (χ2v) is 6.29. The smallest absolute Gasteiger partial charge is 0.407 e. The van der Waals surface area contributed by atoms with Gasteiger partial charge in [-0.2, -0.15) is 0 Å². The quantitative estimate of drug-likeness (QED) is 0.774. The maximum absolute atomic E-state index is 11.5. The number of carbonyl (C=O) groups is 1. The highest BCUT2D eigenvalue weighted by molar-refractivity contribution is 5.68. The molecule has 0 saturated carbocycles. The van der Waals surface area contributed by atoms with Crippen molar-refractivity contribution >= 4 is 11.8 Å². The molecule has 1 aromatic rings. The third-order valence-corrected chi connectivity index (χ3v) is 3.79. The molecule has 1 heterocycles. The number of nitrogens with zero attached hydrogens (tertiary/aromatic N) is 1. The largest absolute Gasteiger partial charge is 0.495 e. The summed E-state index contributed by atoms with van der Waals surface area (Å²) in [4.78, 5) is 13.0. The number of nitrogens with two attached hydrogens (primary N) is 1. The number of nitrogen functional groups attached to an aromatic ring is 1. The summed E-state index contributed by atoms with van der Waals surface area (Å²) in [7, 11) is 1.57. The molecule has 1 unspecified atom stereocenters. The molecule has 1 amide bonds. The Balaban J connectivity index is 2.59. The van der Waals surface area contributed by atoms with E-state index in [4.69, 9.17) is 10.5 Å². The molecule has 0 radical (unpaired) electrons. The molecule has 1 atom stereocenters. The fraction of sp³-hybridized carbons (Fsp3) is 0.533. The number of anilines is 1. The number of methoxy groups -OCH3 is 1. The van der Waals surface area contributed by atoms with Gasteiger partial charge in [-0.15, -0.1) is 0 Å². The van der Waals surface area contributed by atoms with Gasteiger partial charge in [-0.05, 0) is 35.1 Å². The summed E-state index contributed by atoms with van der Waals surface area (Å²) < 4.78 is 5.28. The number of fused-ring (bicyclic) bond motifs is 1. The minimum atomic E-state index is -0.883. The highest BCUT2D eigenvalue weighted by Crippen LogP contribution is 2.44. The lowest BCUT2D eigenvalue weighted by Crippen LogP contribution is -2.44. The fourth-order valence-electron chi connectivity index (χ4n) is 2.99. The zero-order valence-corrected chi connectivity index (χ0v) is 12.4. The van der Waals surface area contributed by atoms with Crippen LogP contribution >= 0.6 is 0 Å². The van der Waals surface area contributed by atoms with Gasteiger partial charge < -0.3 is 20.5 Å². The van der Waals surface area contributed by atoms with Crippen LogP contribution in [0.15, 0.2) is 12.1 Å². The molecule has 110 valence electrons. The van der Waals surface area contributed by atoms with Gasteiger partial charge in [0.25, 0.3) is 0 Å². The van der Waals surface area contributed by atoms with E-state index in [1.54, 1.807) is 7.11 Å². The third kappa shape index (κ3) is 2.40. The minimum Gasteiger partial charge on any atom is -0.495 e. The Morgan fingerprint density at radius 1 is 1.45 bits per heavy atom. The molecule has 2 rings (SSSR count). The van der Waals surface area contributed by atoms with Crippen molar-refractivity contribution in [3.8, 4) is 5.75 Å². The van der Waals surface area contributed by atoms with Crippen molar-refractivity contribution in [1.29, 1.82) is 0 Å².